The molecule has 0 spiro atoms. The van der Waals surface area contributed by atoms with Crippen LogP contribution in [0, 0.1) is 6.92 Å². The van der Waals surface area contributed by atoms with Gasteiger partial charge >= 0.3 is 0 Å². The van der Waals surface area contributed by atoms with Gasteiger partial charge in [0, 0.05) is 45.8 Å². The van der Waals surface area contributed by atoms with Gasteiger partial charge in [0.15, 0.2) is 0 Å². The highest BCUT2D eigenvalue weighted by molar-refractivity contribution is 6.35. The van der Waals surface area contributed by atoms with Crippen molar-refractivity contribution in [3.8, 4) is 5.75 Å². The summed E-state index contributed by atoms with van der Waals surface area (Å²) in [6.07, 6.45) is 4.80. The first kappa shape index (κ1) is 20.6. The fourth-order valence-corrected chi connectivity index (χ4v) is 3.49. The van der Waals surface area contributed by atoms with Gasteiger partial charge in [-0.25, -0.2) is 4.98 Å². The quantitative estimate of drug-likeness (QED) is 0.413. The first-order chi connectivity index (χ1) is 13.4. The highest BCUT2D eigenvalue weighted by Gasteiger charge is 2.14. The number of para-hydroxylation sites is 1. The van der Waals surface area contributed by atoms with E-state index in [4.69, 9.17) is 39.5 Å². The number of nitrogens with zero attached hydrogens (tertiary/aromatic N) is 3. The molecule has 3 aromatic rings. The SMILES string of the molecule is CC=N/C(=C(\C)Cl)c1cc(C)nc2c(OCc3c(Cl)cncc3Cl)cccc12. The molecule has 144 valence electrons. The van der Waals surface area contributed by atoms with Gasteiger partial charge in [-0.05, 0) is 32.9 Å². The summed E-state index contributed by atoms with van der Waals surface area (Å²) >= 11 is 18.7. The molecule has 2 heterocycles. The minimum atomic E-state index is 0.203. The molecule has 2 aromatic heterocycles. The van der Waals surface area contributed by atoms with E-state index in [0.29, 0.717) is 32.1 Å². The van der Waals surface area contributed by atoms with Crippen molar-refractivity contribution in [2.75, 3.05) is 0 Å². The molecule has 0 saturated carbocycles. The molecule has 0 unspecified atom stereocenters. The van der Waals surface area contributed by atoms with Crippen LogP contribution in [0.2, 0.25) is 10.0 Å². The minimum Gasteiger partial charge on any atom is -0.487 e. The number of halogens is 3. The van der Waals surface area contributed by atoms with Gasteiger partial charge < -0.3 is 4.74 Å². The van der Waals surface area contributed by atoms with Gasteiger partial charge in [-0.1, -0.05) is 46.9 Å². The van der Waals surface area contributed by atoms with Crippen molar-refractivity contribution in [2.24, 2.45) is 4.99 Å². The Bertz CT molecular complexity index is 1070. The van der Waals surface area contributed by atoms with Crippen molar-refractivity contribution in [2.45, 2.75) is 27.4 Å². The third-order valence-electron chi connectivity index (χ3n) is 4.09. The van der Waals surface area contributed by atoms with Crippen LogP contribution in [0.1, 0.15) is 30.7 Å². The van der Waals surface area contributed by atoms with Crippen molar-refractivity contribution in [3.63, 3.8) is 0 Å². The lowest BCUT2D eigenvalue weighted by Crippen LogP contribution is -2.00. The smallest absolute Gasteiger partial charge is 0.146 e. The Kier molecular flexibility index (Phi) is 6.55. The van der Waals surface area contributed by atoms with Crippen LogP contribution < -0.4 is 4.74 Å². The number of rotatable bonds is 5. The third-order valence-corrected chi connectivity index (χ3v) is 4.92. The number of pyridine rings is 2. The van der Waals surface area contributed by atoms with E-state index in [1.807, 2.05) is 45.0 Å². The second-order valence-corrected chi connectivity index (χ2v) is 7.48. The topological polar surface area (TPSA) is 47.4 Å². The summed E-state index contributed by atoms with van der Waals surface area (Å²) in [5.74, 6) is 0.624. The number of hydrogen-bond acceptors (Lipinski definition) is 4. The molecule has 0 saturated heterocycles. The van der Waals surface area contributed by atoms with Crippen LogP contribution in [0.25, 0.3) is 16.6 Å². The van der Waals surface area contributed by atoms with Crippen molar-refractivity contribution in [1.29, 1.82) is 0 Å². The second kappa shape index (κ2) is 8.91. The van der Waals surface area contributed by atoms with Gasteiger partial charge in [0.05, 0.1) is 15.7 Å². The number of hydrogen-bond donors (Lipinski definition) is 0. The maximum absolute atomic E-state index is 6.30. The summed E-state index contributed by atoms with van der Waals surface area (Å²) < 4.78 is 6.03. The van der Waals surface area contributed by atoms with E-state index in [1.54, 1.807) is 18.6 Å². The van der Waals surface area contributed by atoms with E-state index in [1.165, 1.54) is 0 Å². The molecule has 0 radical (unpaired) electrons. The minimum absolute atomic E-state index is 0.203. The van der Waals surface area contributed by atoms with Crippen LogP contribution in [0.4, 0.5) is 0 Å². The zero-order chi connectivity index (χ0) is 20.3. The van der Waals surface area contributed by atoms with E-state index >= 15 is 0 Å². The Hall–Kier alpha value is -2.14. The maximum atomic E-state index is 6.30. The fraction of sp³-hybridized carbons (Fsp3) is 0.190. The standard InChI is InChI=1S/C21H18Cl3N3O/c1-4-26-20(13(3)22)15-8-12(2)27-21-14(15)6-5-7-19(21)28-11-16-17(23)9-25-10-18(16)24/h4-10H,11H2,1-3H3/b20-13+,26-4?. The Morgan fingerprint density at radius 1 is 1.21 bits per heavy atom. The molecule has 0 N–H and O–H groups in total. The predicted molar refractivity (Wildman–Crippen MR) is 118 cm³/mol. The molecule has 0 fully saturated rings. The first-order valence-corrected chi connectivity index (χ1v) is 9.72. The highest BCUT2D eigenvalue weighted by Crippen LogP contribution is 2.34. The zero-order valence-corrected chi connectivity index (χ0v) is 17.9. The highest BCUT2D eigenvalue weighted by atomic mass is 35.5. The largest absolute Gasteiger partial charge is 0.487 e. The molecule has 0 atom stereocenters. The molecule has 1 aromatic carbocycles. The van der Waals surface area contributed by atoms with Crippen molar-refractivity contribution >= 4 is 57.6 Å². The molecular weight excluding hydrogens is 417 g/mol. The van der Waals surface area contributed by atoms with Crippen LogP contribution in [0.5, 0.6) is 5.75 Å². The Labute approximate surface area is 178 Å². The Morgan fingerprint density at radius 2 is 1.93 bits per heavy atom. The molecule has 7 heteroatoms. The number of aromatic nitrogens is 2. The lowest BCUT2D eigenvalue weighted by Gasteiger charge is -2.14. The van der Waals surface area contributed by atoms with Gasteiger partial charge in [0.2, 0.25) is 0 Å². The van der Waals surface area contributed by atoms with Gasteiger partial charge in [0.1, 0.15) is 17.9 Å². The van der Waals surface area contributed by atoms with Crippen molar-refractivity contribution in [3.05, 3.63) is 68.6 Å². The van der Waals surface area contributed by atoms with E-state index in [-0.39, 0.29) is 6.61 Å². The van der Waals surface area contributed by atoms with Gasteiger partial charge in [-0.15, -0.1) is 0 Å². The number of ether oxygens (including phenoxy) is 1. The third kappa shape index (κ3) is 4.30. The zero-order valence-electron chi connectivity index (χ0n) is 15.6. The fourth-order valence-electron chi connectivity index (χ4n) is 2.86. The van der Waals surface area contributed by atoms with Crippen LogP contribution in [0.3, 0.4) is 0 Å². The molecule has 4 nitrogen and oxygen atoms in total. The predicted octanol–water partition coefficient (Wildman–Crippen LogP) is 6.84. The van der Waals surface area contributed by atoms with Crippen molar-refractivity contribution < 1.29 is 4.74 Å². The van der Waals surface area contributed by atoms with Crippen molar-refractivity contribution in [1.82, 2.24) is 9.97 Å². The average Bonchev–Trinajstić information content (AvgIpc) is 2.65. The summed E-state index contributed by atoms with van der Waals surface area (Å²) in [5.41, 5.74) is 3.84. The molecule has 0 bridgehead atoms. The molecular formula is C21H18Cl3N3O. The molecule has 0 aliphatic heterocycles. The number of aliphatic imine (C=N–C) groups is 1. The lowest BCUT2D eigenvalue weighted by molar-refractivity contribution is 0.309. The van der Waals surface area contributed by atoms with E-state index < -0.39 is 0 Å². The normalized spacial score (nSPS) is 12.5. The number of fused-ring (bicyclic) bond motifs is 1. The van der Waals surface area contributed by atoms with Crippen LogP contribution in [-0.2, 0) is 6.61 Å². The van der Waals surface area contributed by atoms with Crippen LogP contribution in [-0.4, -0.2) is 16.2 Å². The summed E-state index contributed by atoms with van der Waals surface area (Å²) in [6.45, 7) is 5.80. The number of allylic oxidation sites excluding steroid dienone is 1. The Morgan fingerprint density at radius 3 is 2.57 bits per heavy atom. The summed E-state index contributed by atoms with van der Waals surface area (Å²) in [7, 11) is 0. The summed E-state index contributed by atoms with van der Waals surface area (Å²) in [5, 5.41) is 2.41. The molecule has 0 amide bonds. The average molecular weight is 435 g/mol. The van der Waals surface area contributed by atoms with Gasteiger partial charge in [-0.2, -0.15) is 0 Å². The molecule has 3 rings (SSSR count). The lowest BCUT2D eigenvalue weighted by atomic mass is 10.0. The summed E-state index contributed by atoms with van der Waals surface area (Å²) in [4.78, 5) is 13.1. The molecule has 0 aliphatic carbocycles. The molecule has 0 aliphatic rings. The summed E-state index contributed by atoms with van der Waals surface area (Å²) in [6, 6.07) is 7.71. The monoisotopic (exact) mass is 433 g/mol. The number of benzene rings is 1. The van der Waals surface area contributed by atoms with Crippen LogP contribution in [0.15, 0.2) is 46.7 Å². The van der Waals surface area contributed by atoms with Gasteiger partial charge in [-0.3, -0.25) is 9.98 Å². The van der Waals surface area contributed by atoms with E-state index in [9.17, 15) is 0 Å². The molecule has 28 heavy (non-hydrogen) atoms. The Balaban J connectivity index is 2.10. The number of aryl methyl sites for hydroxylation is 1. The van der Waals surface area contributed by atoms with Crippen LogP contribution >= 0.6 is 34.8 Å². The maximum Gasteiger partial charge on any atom is 0.146 e. The van der Waals surface area contributed by atoms with E-state index in [0.717, 1.165) is 22.2 Å². The van der Waals surface area contributed by atoms with Gasteiger partial charge in [0.25, 0.3) is 0 Å². The van der Waals surface area contributed by atoms with E-state index in [2.05, 4.69) is 15.0 Å². The second-order valence-electron chi connectivity index (χ2n) is 6.10. The first-order valence-electron chi connectivity index (χ1n) is 8.58.